The van der Waals surface area contributed by atoms with E-state index in [1.807, 2.05) is 23.8 Å². The Bertz CT molecular complexity index is 300. The lowest BCUT2D eigenvalue weighted by atomic mass is 10.1. The van der Waals surface area contributed by atoms with Crippen molar-refractivity contribution in [2.45, 2.75) is 25.6 Å². The second-order valence-corrected chi connectivity index (χ2v) is 4.50. The predicted molar refractivity (Wildman–Crippen MR) is 62.4 cm³/mol. The lowest BCUT2D eigenvalue weighted by molar-refractivity contribution is -0.175. The molecule has 0 spiro atoms. The second kappa shape index (κ2) is 6.98. The Kier molecular flexibility index (Phi) is 5.94. The average molecular weight is 267 g/mol. The van der Waals surface area contributed by atoms with Crippen molar-refractivity contribution in [2.24, 2.45) is 0 Å². The Morgan fingerprint density at radius 3 is 2.76 bits per heavy atom. The fourth-order valence-corrected chi connectivity index (χ4v) is 2.17. The van der Waals surface area contributed by atoms with Crippen LogP contribution in [0.3, 0.4) is 0 Å². The van der Waals surface area contributed by atoms with Gasteiger partial charge in [0.2, 0.25) is 0 Å². The highest BCUT2D eigenvalue weighted by Crippen LogP contribution is 2.15. The summed E-state index contributed by atoms with van der Waals surface area (Å²) in [5, 5.41) is 7.07. The van der Waals surface area contributed by atoms with Crippen molar-refractivity contribution >= 4 is 11.3 Å². The third-order valence-corrected chi connectivity index (χ3v) is 2.87. The third kappa shape index (κ3) is 6.65. The van der Waals surface area contributed by atoms with Crippen LogP contribution in [-0.2, 0) is 11.2 Å². The summed E-state index contributed by atoms with van der Waals surface area (Å²) in [5.74, 6) is 0. The van der Waals surface area contributed by atoms with E-state index in [0.29, 0.717) is 13.0 Å². The molecular formula is C11H16F3NOS. The quantitative estimate of drug-likeness (QED) is 0.820. The van der Waals surface area contributed by atoms with Crippen molar-refractivity contribution in [1.82, 2.24) is 5.32 Å². The van der Waals surface area contributed by atoms with E-state index in [4.69, 9.17) is 0 Å². The zero-order valence-corrected chi connectivity index (χ0v) is 10.4. The molecule has 0 bridgehead atoms. The fourth-order valence-electron chi connectivity index (χ4n) is 1.49. The van der Waals surface area contributed by atoms with Crippen LogP contribution >= 0.6 is 11.3 Å². The molecular weight excluding hydrogens is 251 g/mol. The minimum Gasteiger partial charge on any atom is -0.370 e. The molecule has 1 N–H and O–H groups in total. The average Bonchev–Trinajstić information content (AvgIpc) is 2.68. The summed E-state index contributed by atoms with van der Waals surface area (Å²) in [6.45, 7) is 1.52. The van der Waals surface area contributed by atoms with E-state index in [1.54, 1.807) is 11.3 Å². The number of rotatable bonds is 7. The monoisotopic (exact) mass is 267 g/mol. The van der Waals surface area contributed by atoms with Gasteiger partial charge in [-0.3, -0.25) is 0 Å². The van der Waals surface area contributed by atoms with Gasteiger partial charge in [0, 0.05) is 6.04 Å². The van der Waals surface area contributed by atoms with Crippen LogP contribution in [0.1, 0.15) is 12.5 Å². The molecule has 1 aromatic rings. The first-order valence-electron chi connectivity index (χ1n) is 5.40. The summed E-state index contributed by atoms with van der Waals surface area (Å²) >= 11 is 1.58. The first-order chi connectivity index (χ1) is 8.01. The fraction of sp³-hybridized carbons (Fsp3) is 0.636. The van der Waals surface area contributed by atoms with Crippen LogP contribution in [0.25, 0.3) is 0 Å². The topological polar surface area (TPSA) is 21.3 Å². The van der Waals surface area contributed by atoms with Crippen LogP contribution in [0, 0.1) is 0 Å². The minimum atomic E-state index is -4.25. The lowest BCUT2D eigenvalue weighted by Crippen LogP contribution is -2.36. The van der Waals surface area contributed by atoms with Crippen LogP contribution in [0.4, 0.5) is 13.2 Å². The van der Waals surface area contributed by atoms with E-state index in [2.05, 4.69) is 10.1 Å². The molecule has 0 radical (unpaired) electrons. The van der Waals surface area contributed by atoms with Crippen molar-refractivity contribution in [3.05, 3.63) is 22.4 Å². The molecule has 1 aromatic heterocycles. The molecule has 0 fully saturated rings. The van der Waals surface area contributed by atoms with Gasteiger partial charge in [0.25, 0.3) is 0 Å². The molecule has 6 heteroatoms. The smallest absolute Gasteiger partial charge is 0.370 e. The Labute approximate surface area is 103 Å². The van der Waals surface area contributed by atoms with Crippen LogP contribution in [0.2, 0.25) is 0 Å². The van der Waals surface area contributed by atoms with Crippen LogP contribution in [0.5, 0.6) is 0 Å². The molecule has 0 aromatic carbocycles. The van der Waals surface area contributed by atoms with E-state index in [0.717, 1.165) is 5.56 Å². The predicted octanol–water partition coefficient (Wildman–Crippen LogP) is 2.85. The summed E-state index contributed by atoms with van der Waals surface area (Å²) in [5.41, 5.74) is 1.12. The van der Waals surface area contributed by atoms with E-state index in [-0.39, 0.29) is 12.6 Å². The molecule has 0 saturated carbocycles. The van der Waals surface area contributed by atoms with E-state index >= 15 is 0 Å². The Morgan fingerprint density at radius 2 is 2.24 bits per heavy atom. The molecule has 98 valence electrons. The molecule has 1 unspecified atom stereocenters. The van der Waals surface area contributed by atoms with Crippen molar-refractivity contribution in [2.75, 3.05) is 19.8 Å². The molecule has 1 atom stereocenters. The van der Waals surface area contributed by atoms with Gasteiger partial charge in [-0.05, 0) is 35.4 Å². The molecule has 0 saturated heterocycles. The van der Waals surface area contributed by atoms with Crippen molar-refractivity contribution in [3.8, 4) is 0 Å². The maximum Gasteiger partial charge on any atom is 0.411 e. The van der Waals surface area contributed by atoms with E-state index < -0.39 is 12.8 Å². The van der Waals surface area contributed by atoms with Crippen LogP contribution in [0.15, 0.2) is 16.8 Å². The Morgan fingerprint density at radius 1 is 1.47 bits per heavy atom. The van der Waals surface area contributed by atoms with Gasteiger partial charge in [0.1, 0.15) is 6.61 Å². The number of alkyl halides is 3. The molecule has 0 aliphatic rings. The highest BCUT2D eigenvalue weighted by molar-refractivity contribution is 7.07. The zero-order valence-electron chi connectivity index (χ0n) is 9.59. The largest absolute Gasteiger partial charge is 0.411 e. The van der Waals surface area contributed by atoms with Crippen LogP contribution in [-0.4, -0.2) is 32.0 Å². The van der Waals surface area contributed by atoms with Crippen LogP contribution < -0.4 is 5.32 Å². The standard InChI is InChI=1S/C11H16F3NOS/c1-2-15-10(5-9-3-4-17-7-9)6-16-8-11(12,13)14/h3-4,7,10,15H,2,5-6,8H2,1H3. The SMILES string of the molecule is CCNC(COCC(F)(F)F)Cc1ccsc1. The first-order valence-corrected chi connectivity index (χ1v) is 6.34. The highest BCUT2D eigenvalue weighted by Gasteiger charge is 2.27. The maximum atomic E-state index is 11.9. The molecule has 0 aliphatic carbocycles. The number of nitrogens with one attached hydrogen (secondary N) is 1. The van der Waals surface area contributed by atoms with Crippen molar-refractivity contribution in [3.63, 3.8) is 0 Å². The van der Waals surface area contributed by atoms with Gasteiger partial charge in [0.15, 0.2) is 0 Å². The molecule has 1 rings (SSSR count). The minimum absolute atomic E-state index is 0.0723. The van der Waals surface area contributed by atoms with Gasteiger partial charge in [-0.2, -0.15) is 24.5 Å². The number of halogens is 3. The molecule has 17 heavy (non-hydrogen) atoms. The highest BCUT2D eigenvalue weighted by atomic mass is 32.1. The molecule has 1 heterocycles. The third-order valence-electron chi connectivity index (χ3n) is 2.14. The normalized spacial score (nSPS) is 13.9. The Balaban J connectivity index is 2.33. The lowest BCUT2D eigenvalue weighted by Gasteiger charge is -2.18. The first kappa shape index (κ1) is 14.5. The summed E-state index contributed by atoms with van der Waals surface area (Å²) < 4.78 is 40.5. The number of hydrogen-bond acceptors (Lipinski definition) is 3. The van der Waals surface area contributed by atoms with Gasteiger partial charge in [0.05, 0.1) is 6.61 Å². The van der Waals surface area contributed by atoms with E-state index in [1.165, 1.54) is 0 Å². The molecule has 0 aliphatic heterocycles. The number of likely N-dealkylation sites (N-methyl/N-ethyl adjacent to an activating group) is 1. The summed E-state index contributed by atoms with van der Waals surface area (Å²) in [7, 11) is 0. The molecule has 2 nitrogen and oxygen atoms in total. The summed E-state index contributed by atoms with van der Waals surface area (Å²) in [6.07, 6.45) is -3.56. The number of ether oxygens (including phenoxy) is 1. The summed E-state index contributed by atoms with van der Waals surface area (Å²) in [6, 6.07) is 1.90. The molecule has 0 amide bonds. The number of thiophene rings is 1. The Hall–Kier alpha value is -0.590. The van der Waals surface area contributed by atoms with E-state index in [9.17, 15) is 13.2 Å². The number of hydrogen-bond donors (Lipinski definition) is 1. The second-order valence-electron chi connectivity index (χ2n) is 3.72. The zero-order chi connectivity index (χ0) is 12.7. The van der Waals surface area contributed by atoms with Gasteiger partial charge in [-0.25, -0.2) is 0 Å². The van der Waals surface area contributed by atoms with Crippen molar-refractivity contribution in [1.29, 1.82) is 0 Å². The maximum absolute atomic E-state index is 11.9. The summed E-state index contributed by atoms with van der Waals surface area (Å²) in [4.78, 5) is 0. The van der Waals surface area contributed by atoms with Gasteiger partial charge in [-0.15, -0.1) is 0 Å². The van der Waals surface area contributed by atoms with Gasteiger partial charge in [-0.1, -0.05) is 6.92 Å². The van der Waals surface area contributed by atoms with Crippen molar-refractivity contribution < 1.29 is 17.9 Å². The van der Waals surface area contributed by atoms with Gasteiger partial charge < -0.3 is 10.1 Å². The van der Waals surface area contributed by atoms with Gasteiger partial charge >= 0.3 is 6.18 Å².